The Morgan fingerprint density at radius 3 is 2.59 bits per heavy atom. The maximum Gasteiger partial charge on any atom is 0.417 e. The predicted molar refractivity (Wildman–Crippen MR) is 104 cm³/mol. The Kier molecular flexibility index (Phi) is 7.88. The summed E-state index contributed by atoms with van der Waals surface area (Å²) in [6.07, 6.45) is -0.635. The summed E-state index contributed by atoms with van der Waals surface area (Å²) < 4.78 is 48.1. The summed E-state index contributed by atoms with van der Waals surface area (Å²) in [6, 6.07) is 7.50. The van der Waals surface area contributed by atoms with Crippen molar-refractivity contribution in [3.8, 4) is 11.5 Å². The highest BCUT2D eigenvalue weighted by Gasteiger charge is 2.30. The van der Waals surface area contributed by atoms with E-state index in [9.17, 15) is 18.0 Å². The summed E-state index contributed by atoms with van der Waals surface area (Å²) in [7, 11) is 1.55. The van der Waals surface area contributed by atoms with Crippen LogP contribution in [0.1, 0.15) is 18.1 Å². The van der Waals surface area contributed by atoms with E-state index >= 15 is 0 Å². The number of benzene rings is 1. The standard InChI is InChI=1S/C20H22F3N3O3/c1-3-29-17-12-14(4-7-16(17)28-2)5-9-19(27)25-11-10-24-18-8-6-15(13-26-18)20(21,22)23/h4-9,12-13H,3,10-11H2,1-2H3,(H,24,26)(H,25,27)/b9-5+. The number of carbonyl (C=O) groups is 1. The number of hydrogen-bond acceptors (Lipinski definition) is 5. The molecule has 2 N–H and O–H groups in total. The van der Waals surface area contributed by atoms with Crippen LogP contribution < -0.4 is 20.1 Å². The van der Waals surface area contributed by atoms with E-state index < -0.39 is 11.7 Å². The fraction of sp³-hybridized carbons (Fsp3) is 0.300. The zero-order valence-corrected chi connectivity index (χ0v) is 16.0. The molecule has 2 rings (SSSR count). The number of methoxy groups -OCH3 is 1. The lowest BCUT2D eigenvalue weighted by Gasteiger charge is -2.09. The number of hydrogen-bond donors (Lipinski definition) is 2. The van der Waals surface area contributed by atoms with Gasteiger partial charge in [0.05, 0.1) is 19.3 Å². The first kappa shape index (κ1) is 22.1. The third-order valence-corrected chi connectivity index (χ3v) is 3.74. The number of carbonyl (C=O) groups excluding carboxylic acids is 1. The van der Waals surface area contributed by atoms with Gasteiger partial charge >= 0.3 is 6.18 Å². The number of pyridine rings is 1. The van der Waals surface area contributed by atoms with E-state index in [1.165, 1.54) is 12.1 Å². The van der Waals surface area contributed by atoms with E-state index in [0.29, 0.717) is 30.5 Å². The molecule has 29 heavy (non-hydrogen) atoms. The van der Waals surface area contributed by atoms with Gasteiger partial charge in [0.2, 0.25) is 5.91 Å². The minimum Gasteiger partial charge on any atom is -0.493 e. The van der Waals surface area contributed by atoms with Crippen LogP contribution >= 0.6 is 0 Å². The summed E-state index contributed by atoms with van der Waals surface area (Å²) in [4.78, 5) is 15.6. The van der Waals surface area contributed by atoms with Crippen LogP contribution in [0.3, 0.4) is 0 Å². The summed E-state index contributed by atoms with van der Waals surface area (Å²) in [6.45, 7) is 2.95. The molecule has 1 aromatic carbocycles. The molecule has 0 bridgehead atoms. The molecule has 0 aliphatic heterocycles. The molecular formula is C20H22F3N3O3. The van der Waals surface area contributed by atoms with E-state index in [0.717, 1.165) is 17.8 Å². The molecule has 0 atom stereocenters. The van der Waals surface area contributed by atoms with Crippen molar-refractivity contribution in [1.82, 2.24) is 10.3 Å². The number of anilines is 1. The summed E-state index contributed by atoms with van der Waals surface area (Å²) in [5.74, 6) is 1.19. The van der Waals surface area contributed by atoms with Gasteiger partial charge in [0, 0.05) is 25.4 Å². The first-order valence-corrected chi connectivity index (χ1v) is 8.87. The molecule has 1 heterocycles. The highest BCUT2D eigenvalue weighted by Crippen LogP contribution is 2.29. The molecule has 0 saturated carbocycles. The van der Waals surface area contributed by atoms with Gasteiger partial charge in [0.1, 0.15) is 5.82 Å². The molecule has 0 spiro atoms. The third kappa shape index (κ3) is 7.02. The second kappa shape index (κ2) is 10.4. The summed E-state index contributed by atoms with van der Waals surface area (Å²) in [5, 5.41) is 5.51. The number of ether oxygens (including phenoxy) is 2. The average molecular weight is 409 g/mol. The molecule has 0 aliphatic rings. The van der Waals surface area contributed by atoms with Crippen molar-refractivity contribution in [3.05, 3.63) is 53.7 Å². The van der Waals surface area contributed by atoms with Crippen LogP contribution in [0.15, 0.2) is 42.6 Å². The van der Waals surface area contributed by atoms with Crippen LogP contribution in [0.25, 0.3) is 6.08 Å². The SMILES string of the molecule is CCOc1cc(/C=C/C(=O)NCCNc2ccc(C(F)(F)F)cn2)ccc1OC. The Morgan fingerprint density at radius 2 is 1.97 bits per heavy atom. The number of halogens is 3. The lowest BCUT2D eigenvalue weighted by Crippen LogP contribution is -2.27. The van der Waals surface area contributed by atoms with Crippen molar-refractivity contribution in [3.63, 3.8) is 0 Å². The van der Waals surface area contributed by atoms with Gasteiger partial charge in [-0.05, 0) is 42.8 Å². The van der Waals surface area contributed by atoms with E-state index in [4.69, 9.17) is 9.47 Å². The first-order valence-electron chi connectivity index (χ1n) is 8.87. The third-order valence-electron chi connectivity index (χ3n) is 3.74. The Labute approximate surface area is 166 Å². The van der Waals surface area contributed by atoms with Gasteiger partial charge in [-0.2, -0.15) is 13.2 Å². The zero-order valence-electron chi connectivity index (χ0n) is 16.0. The Hall–Kier alpha value is -3.23. The van der Waals surface area contributed by atoms with Crippen molar-refractivity contribution in [2.45, 2.75) is 13.1 Å². The van der Waals surface area contributed by atoms with Crippen molar-refractivity contribution in [2.75, 3.05) is 32.1 Å². The van der Waals surface area contributed by atoms with Crippen molar-refractivity contribution >= 4 is 17.8 Å². The minimum absolute atomic E-state index is 0.276. The number of rotatable bonds is 9. The lowest BCUT2D eigenvalue weighted by molar-refractivity contribution is -0.137. The van der Waals surface area contributed by atoms with E-state index in [1.54, 1.807) is 31.4 Å². The molecular weight excluding hydrogens is 387 g/mol. The molecule has 0 unspecified atom stereocenters. The lowest BCUT2D eigenvalue weighted by atomic mass is 10.2. The van der Waals surface area contributed by atoms with Gasteiger partial charge in [0.15, 0.2) is 11.5 Å². The van der Waals surface area contributed by atoms with Crippen LogP contribution in [0.4, 0.5) is 19.0 Å². The molecule has 6 nitrogen and oxygen atoms in total. The topological polar surface area (TPSA) is 72.5 Å². The molecule has 2 aromatic rings. The average Bonchev–Trinajstić information content (AvgIpc) is 2.70. The zero-order chi connectivity index (χ0) is 21.3. The molecule has 1 amide bonds. The highest BCUT2D eigenvalue weighted by atomic mass is 19.4. The van der Waals surface area contributed by atoms with Crippen LogP contribution in [0, 0.1) is 0 Å². The van der Waals surface area contributed by atoms with Gasteiger partial charge in [-0.25, -0.2) is 4.98 Å². The van der Waals surface area contributed by atoms with Gasteiger partial charge in [-0.15, -0.1) is 0 Å². The molecule has 9 heteroatoms. The van der Waals surface area contributed by atoms with Crippen LogP contribution in [0.5, 0.6) is 11.5 Å². The molecule has 156 valence electrons. The number of nitrogens with one attached hydrogen (secondary N) is 2. The number of aromatic nitrogens is 1. The van der Waals surface area contributed by atoms with E-state index in [1.807, 2.05) is 6.92 Å². The molecule has 0 radical (unpaired) electrons. The fourth-order valence-electron chi connectivity index (χ4n) is 2.34. The second-order valence-electron chi connectivity index (χ2n) is 5.82. The number of nitrogens with zero attached hydrogens (tertiary/aromatic N) is 1. The molecule has 0 saturated heterocycles. The normalized spacial score (nSPS) is 11.3. The van der Waals surface area contributed by atoms with Gasteiger partial charge in [-0.1, -0.05) is 6.07 Å². The van der Waals surface area contributed by atoms with Crippen molar-refractivity contribution < 1.29 is 27.4 Å². The Bertz CT molecular complexity index is 837. The number of amides is 1. The molecule has 1 aromatic heterocycles. The van der Waals surface area contributed by atoms with Crippen LogP contribution in [-0.2, 0) is 11.0 Å². The van der Waals surface area contributed by atoms with Crippen molar-refractivity contribution in [1.29, 1.82) is 0 Å². The summed E-state index contributed by atoms with van der Waals surface area (Å²) in [5.41, 5.74) is -0.0380. The van der Waals surface area contributed by atoms with E-state index in [2.05, 4.69) is 15.6 Å². The smallest absolute Gasteiger partial charge is 0.417 e. The largest absolute Gasteiger partial charge is 0.493 e. The fourth-order valence-corrected chi connectivity index (χ4v) is 2.34. The van der Waals surface area contributed by atoms with Crippen molar-refractivity contribution in [2.24, 2.45) is 0 Å². The maximum absolute atomic E-state index is 12.5. The molecule has 0 aliphatic carbocycles. The highest BCUT2D eigenvalue weighted by molar-refractivity contribution is 5.91. The quantitative estimate of drug-likeness (QED) is 0.488. The maximum atomic E-state index is 12.5. The van der Waals surface area contributed by atoms with Gasteiger partial charge in [0.25, 0.3) is 0 Å². The van der Waals surface area contributed by atoms with Gasteiger partial charge in [-0.3, -0.25) is 4.79 Å². The predicted octanol–water partition coefficient (Wildman–Crippen LogP) is 3.75. The van der Waals surface area contributed by atoms with Crippen LogP contribution in [-0.4, -0.2) is 37.7 Å². The second-order valence-corrected chi connectivity index (χ2v) is 5.82. The number of alkyl halides is 3. The van der Waals surface area contributed by atoms with E-state index in [-0.39, 0.29) is 12.5 Å². The minimum atomic E-state index is -4.42. The Balaban J connectivity index is 1.79. The van der Waals surface area contributed by atoms with Crippen LogP contribution in [0.2, 0.25) is 0 Å². The summed E-state index contributed by atoms with van der Waals surface area (Å²) >= 11 is 0. The monoisotopic (exact) mass is 409 g/mol. The van der Waals surface area contributed by atoms with Gasteiger partial charge < -0.3 is 20.1 Å². The Morgan fingerprint density at radius 1 is 1.17 bits per heavy atom. The molecule has 0 fully saturated rings. The first-order chi connectivity index (χ1) is 13.8.